The Balaban J connectivity index is 2.31. The summed E-state index contributed by atoms with van der Waals surface area (Å²) >= 11 is 0. The first-order valence-corrected chi connectivity index (χ1v) is 5.53. The van der Waals surface area contributed by atoms with Crippen molar-refractivity contribution in [2.45, 2.75) is 64.5 Å². The average Bonchev–Trinajstić information content (AvgIpc) is 2.07. The number of nitrogens with one attached hydrogen (secondary N) is 1. The van der Waals surface area contributed by atoms with Crippen LogP contribution < -0.4 is 5.32 Å². The average molecular weight is 205 g/mol. The summed E-state index contributed by atoms with van der Waals surface area (Å²) in [6.45, 7) is 4.78. The maximum absolute atomic E-state index is 12.9. The molecule has 1 atom stereocenters. The molecule has 0 spiro atoms. The SMILES string of the molecule is CC(N[C@H]1CC[C@H](C)CC1)C(C)(F)F. The van der Waals surface area contributed by atoms with E-state index in [2.05, 4.69) is 12.2 Å². The predicted octanol–water partition coefficient (Wildman–Crippen LogP) is 3.20. The van der Waals surface area contributed by atoms with E-state index in [1.807, 2.05) is 0 Å². The molecule has 0 bridgehead atoms. The van der Waals surface area contributed by atoms with Crippen molar-refractivity contribution in [3.8, 4) is 0 Å². The van der Waals surface area contributed by atoms with Crippen LogP contribution in [0.25, 0.3) is 0 Å². The Kier molecular flexibility index (Phi) is 3.87. The molecule has 0 amide bonds. The van der Waals surface area contributed by atoms with E-state index in [-0.39, 0.29) is 0 Å². The van der Waals surface area contributed by atoms with Gasteiger partial charge in [-0.3, -0.25) is 0 Å². The van der Waals surface area contributed by atoms with Gasteiger partial charge in [0, 0.05) is 13.0 Å². The Morgan fingerprint density at radius 3 is 2.14 bits per heavy atom. The molecule has 3 heteroatoms. The maximum Gasteiger partial charge on any atom is 0.260 e. The Morgan fingerprint density at radius 2 is 1.71 bits per heavy atom. The molecule has 1 aliphatic rings. The van der Waals surface area contributed by atoms with Gasteiger partial charge in [-0.1, -0.05) is 6.92 Å². The van der Waals surface area contributed by atoms with Crippen molar-refractivity contribution in [1.82, 2.24) is 5.32 Å². The first-order valence-electron chi connectivity index (χ1n) is 5.53. The second-order valence-corrected chi connectivity index (χ2v) is 4.80. The van der Waals surface area contributed by atoms with Crippen molar-refractivity contribution in [2.75, 3.05) is 0 Å². The summed E-state index contributed by atoms with van der Waals surface area (Å²) in [5, 5.41) is 3.03. The molecule has 1 aliphatic carbocycles. The van der Waals surface area contributed by atoms with Gasteiger partial charge in [-0.15, -0.1) is 0 Å². The molecule has 1 saturated carbocycles. The first kappa shape index (κ1) is 11.9. The van der Waals surface area contributed by atoms with E-state index in [0.717, 1.165) is 25.7 Å². The number of halogens is 2. The van der Waals surface area contributed by atoms with Crippen LogP contribution in [0, 0.1) is 5.92 Å². The Morgan fingerprint density at radius 1 is 1.21 bits per heavy atom. The molecule has 0 heterocycles. The van der Waals surface area contributed by atoms with E-state index in [4.69, 9.17) is 0 Å². The quantitative estimate of drug-likeness (QED) is 0.746. The van der Waals surface area contributed by atoms with Gasteiger partial charge in [0.05, 0.1) is 6.04 Å². The number of rotatable bonds is 3. The highest BCUT2D eigenvalue weighted by molar-refractivity contribution is 4.82. The van der Waals surface area contributed by atoms with Crippen molar-refractivity contribution >= 4 is 0 Å². The van der Waals surface area contributed by atoms with E-state index in [1.165, 1.54) is 12.8 Å². The Bertz CT molecular complexity index is 169. The van der Waals surface area contributed by atoms with Gasteiger partial charge < -0.3 is 5.32 Å². The molecule has 14 heavy (non-hydrogen) atoms. The molecule has 84 valence electrons. The lowest BCUT2D eigenvalue weighted by molar-refractivity contribution is -0.0176. The highest BCUT2D eigenvalue weighted by atomic mass is 19.3. The van der Waals surface area contributed by atoms with Crippen LogP contribution in [0.5, 0.6) is 0 Å². The maximum atomic E-state index is 12.9. The largest absolute Gasteiger partial charge is 0.306 e. The molecule has 0 aromatic heterocycles. The molecule has 0 aromatic carbocycles. The molecule has 1 nitrogen and oxygen atoms in total. The standard InChI is InChI=1S/C11H21F2N/c1-8-4-6-10(7-5-8)14-9(2)11(3,12)13/h8-10,14H,4-7H2,1-3H3/t8-,9?,10-. The van der Waals surface area contributed by atoms with Gasteiger partial charge in [0.15, 0.2) is 0 Å². The normalized spacial score (nSPS) is 31.5. The second-order valence-electron chi connectivity index (χ2n) is 4.80. The lowest BCUT2D eigenvalue weighted by Gasteiger charge is -2.31. The molecule has 0 aliphatic heterocycles. The molecule has 0 saturated heterocycles. The summed E-state index contributed by atoms with van der Waals surface area (Å²) in [6, 6.07) is -0.409. The van der Waals surface area contributed by atoms with Crippen molar-refractivity contribution < 1.29 is 8.78 Å². The van der Waals surface area contributed by atoms with Gasteiger partial charge in [0.2, 0.25) is 0 Å². The topological polar surface area (TPSA) is 12.0 Å². The van der Waals surface area contributed by atoms with Crippen LogP contribution in [0.4, 0.5) is 8.78 Å². The van der Waals surface area contributed by atoms with Gasteiger partial charge in [-0.2, -0.15) is 0 Å². The molecular formula is C11H21F2N. The summed E-state index contributed by atoms with van der Waals surface area (Å²) in [4.78, 5) is 0. The highest BCUT2D eigenvalue weighted by Crippen LogP contribution is 2.25. The van der Waals surface area contributed by atoms with Crippen LogP contribution in [0.3, 0.4) is 0 Å². The van der Waals surface area contributed by atoms with Crippen LogP contribution in [0.1, 0.15) is 46.5 Å². The lowest BCUT2D eigenvalue weighted by atomic mass is 9.87. The minimum Gasteiger partial charge on any atom is -0.306 e. The van der Waals surface area contributed by atoms with Crippen LogP contribution in [0.2, 0.25) is 0 Å². The molecule has 1 unspecified atom stereocenters. The molecule has 1 fully saturated rings. The summed E-state index contributed by atoms with van der Waals surface area (Å²) in [6.07, 6.45) is 4.42. The molecule has 1 rings (SSSR count). The van der Waals surface area contributed by atoms with E-state index < -0.39 is 12.0 Å². The summed E-state index contributed by atoms with van der Waals surface area (Å²) in [7, 11) is 0. The van der Waals surface area contributed by atoms with Crippen molar-refractivity contribution in [3.05, 3.63) is 0 Å². The highest BCUT2D eigenvalue weighted by Gasteiger charge is 2.32. The number of hydrogen-bond acceptors (Lipinski definition) is 1. The zero-order valence-corrected chi connectivity index (χ0v) is 9.32. The smallest absolute Gasteiger partial charge is 0.260 e. The van der Waals surface area contributed by atoms with Gasteiger partial charge >= 0.3 is 0 Å². The lowest BCUT2D eigenvalue weighted by Crippen LogP contribution is -2.47. The van der Waals surface area contributed by atoms with E-state index in [0.29, 0.717) is 6.04 Å². The molecular weight excluding hydrogens is 184 g/mol. The fourth-order valence-electron chi connectivity index (χ4n) is 1.93. The second kappa shape index (κ2) is 4.56. The fourth-order valence-corrected chi connectivity index (χ4v) is 1.93. The van der Waals surface area contributed by atoms with Gasteiger partial charge in [-0.25, -0.2) is 8.78 Å². The third-order valence-corrected chi connectivity index (χ3v) is 3.26. The van der Waals surface area contributed by atoms with Crippen LogP contribution in [-0.4, -0.2) is 18.0 Å². The minimum absolute atomic E-state index is 0.298. The van der Waals surface area contributed by atoms with Gasteiger partial charge in [0.25, 0.3) is 5.92 Å². The van der Waals surface area contributed by atoms with Gasteiger partial charge in [0.1, 0.15) is 0 Å². The van der Waals surface area contributed by atoms with Crippen LogP contribution in [0.15, 0.2) is 0 Å². The number of alkyl halides is 2. The monoisotopic (exact) mass is 205 g/mol. The molecule has 1 N–H and O–H groups in total. The first-order chi connectivity index (χ1) is 6.39. The fraction of sp³-hybridized carbons (Fsp3) is 1.00. The van der Waals surface area contributed by atoms with Gasteiger partial charge in [-0.05, 0) is 38.5 Å². The van der Waals surface area contributed by atoms with Crippen molar-refractivity contribution in [1.29, 1.82) is 0 Å². The van der Waals surface area contributed by atoms with Crippen LogP contribution in [-0.2, 0) is 0 Å². The Hall–Kier alpha value is -0.180. The Labute approximate surface area is 85.3 Å². The zero-order chi connectivity index (χ0) is 10.8. The summed E-state index contributed by atoms with van der Waals surface area (Å²) < 4.78 is 25.8. The third kappa shape index (κ3) is 3.52. The molecule has 0 radical (unpaired) electrons. The molecule has 0 aromatic rings. The number of hydrogen-bond donors (Lipinski definition) is 1. The van der Waals surface area contributed by atoms with E-state index in [1.54, 1.807) is 6.92 Å². The third-order valence-electron chi connectivity index (χ3n) is 3.26. The van der Waals surface area contributed by atoms with E-state index in [9.17, 15) is 8.78 Å². The van der Waals surface area contributed by atoms with Crippen molar-refractivity contribution in [3.63, 3.8) is 0 Å². The summed E-state index contributed by atoms with van der Waals surface area (Å²) in [5.74, 6) is -1.84. The minimum atomic E-state index is -2.61. The van der Waals surface area contributed by atoms with E-state index >= 15 is 0 Å². The zero-order valence-electron chi connectivity index (χ0n) is 9.32. The summed E-state index contributed by atoms with van der Waals surface area (Å²) in [5.41, 5.74) is 0. The van der Waals surface area contributed by atoms with Crippen molar-refractivity contribution in [2.24, 2.45) is 5.92 Å². The predicted molar refractivity (Wildman–Crippen MR) is 54.6 cm³/mol. The van der Waals surface area contributed by atoms with Crippen LogP contribution >= 0.6 is 0 Å².